The van der Waals surface area contributed by atoms with Crippen LogP contribution in [0.4, 0.5) is 11.4 Å². The van der Waals surface area contributed by atoms with Crippen molar-refractivity contribution in [1.82, 2.24) is 9.78 Å². The number of halogens is 2. The summed E-state index contributed by atoms with van der Waals surface area (Å²) in [6.07, 6.45) is 0. The number of aryl methyl sites for hydroxylation is 2. The zero-order chi connectivity index (χ0) is 21.1. The van der Waals surface area contributed by atoms with Gasteiger partial charge in [-0.15, -0.1) is 0 Å². The molecule has 0 saturated heterocycles. The summed E-state index contributed by atoms with van der Waals surface area (Å²) in [5.41, 5.74) is 5.51. The van der Waals surface area contributed by atoms with Crippen molar-refractivity contribution in [1.29, 1.82) is 0 Å². The van der Waals surface area contributed by atoms with Crippen LogP contribution in [0.5, 0.6) is 5.75 Å². The number of ether oxygens (including phenoxy) is 1. The zero-order valence-electron chi connectivity index (χ0n) is 16.6. The lowest BCUT2D eigenvalue weighted by Crippen LogP contribution is -2.20. The summed E-state index contributed by atoms with van der Waals surface area (Å²) in [6, 6.07) is 11.3. The molecule has 0 saturated carbocycles. The molecular weight excluding hydrogens is 427 g/mol. The van der Waals surface area contributed by atoms with Gasteiger partial charge in [-0.2, -0.15) is 5.10 Å². The van der Waals surface area contributed by atoms with Gasteiger partial charge in [0.15, 0.2) is 5.11 Å². The molecule has 29 heavy (non-hydrogen) atoms. The molecule has 0 amide bonds. The number of methoxy groups -OCH3 is 1. The van der Waals surface area contributed by atoms with E-state index in [9.17, 15) is 0 Å². The minimum atomic E-state index is 0.462. The summed E-state index contributed by atoms with van der Waals surface area (Å²) >= 11 is 17.8. The Labute approximate surface area is 186 Å². The van der Waals surface area contributed by atoms with Gasteiger partial charge >= 0.3 is 0 Å². The van der Waals surface area contributed by atoms with Crippen LogP contribution in [0.15, 0.2) is 36.4 Å². The first-order chi connectivity index (χ1) is 13.8. The molecule has 2 N–H and O–H groups in total. The Morgan fingerprint density at radius 2 is 1.86 bits per heavy atom. The number of anilines is 2. The van der Waals surface area contributed by atoms with Crippen LogP contribution >= 0.6 is 35.4 Å². The summed E-state index contributed by atoms with van der Waals surface area (Å²) in [5.74, 6) is 0.723. The molecule has 1 heterocycles. The molecule has 3 aromatic rings. The van der Waals surface area contributed by atoms with Crippen molar-refractivity contribution in [2.75, 3.05) is 17.7 Å². The molecule has 0 radical (unpaired) electrons. The van der Waals surface area contributed by atoms with Crippen LogP contribution in [-0.2, 0) is 6.54 Å². The molecular formula is C21H22Cl2N4OS. The van der Waals surface area contributed by atoms with Crippen molar-refractivity contribution in [3.63, 3.8) is 0 Å². The quantitative estimate of drug-likeness (QED) is 0.470. The maximum Gasteiger partial charge on any atom is 0.175 e. The fraction of sp³-hybridized carbons (Fsp3) is 0.238. The first kappa shape index (κ1) is 21.4. The molecule has 0 unspecified atom stereocenters. The van der Waals surface area contributed by atoms with Gasteiger partial charge in [0, 0.05) is 10.0 Å². The summed E-state index contributed by atoms with van der Waals surface area (Å²) < 4.78 is 7.29. The maximum atomic E-state index is 6.31. The number of thiocarbonyl (C=S) groups is 1. The second kappa shape index (κ2) is 9.03. The first-order valence-electron chi connectivity index (χ1n) is 8.99. The Bertz CT molecular complexity index is 1070. The van der Waals surface area contributed by atoms with Crippen molar-refractivity contribution >= 4 is 51.9 Å². The SMILES string of the molecule is COc1ccc(C)cc1NC(=S)Nc1c(C)nn(Cc2ccc(Cl)cc2Cl)c1C. The highest BCUT2D eigenvalue weighted by Gasteiger charge is 2.15. The molecule has 3 rings (SSSR count). The highest BCUT2D eigenvalue weighted by Crippen LogP contribution is 2.27. The van der Waals surface area contributed by atoms with E-state index in [1.54, 1.807) is 13.2 Å². The number of nitrogens with zero attached hydrogens (tertiary/aromatic N) is 2. The molecule has 0 spiro atoms. The van der Waals surface area contributed by atoms with Gasteiger partial charge in [0.25, 0.3) is 0 Å². The largest absolute Gasteiger partial charge is 0.495 e. The van der Waals surface area contributed by atoms with Crippen LogP contribution in [0.1, 0.15) is 22.5 Å². The number of hydrogen-bond donors (Lipinski definition) is 2. The highest BCUT2D eigenvalue weighted by atomic mass is 35.5. The smallest absolute Gasteiger partial charge is 0.175 e. The number of hydrogen-bond acceptors (Lipinski definition) is 3. The lowest BCUT2D eigenvalue weighted by atomic mass is 10.2. The average molecular weight is 449 g/mol. The van der Waals surface area contributed by atoms with Crippen molar-refractivity contribution in [2.24, 2.45) is 0 Å². The molecule has 0 fully saturated rings. The summed E-state index contributed by atoms with van der Waals surface area (Å²) in [5, 5.41) is 12.8. The highest BCUT2D eigenvalue weighted by molar-refractivity contribution is 7.80. The van der Waals surface area contributed by atoms with Gasteiger partial charge < -0.3 is 15.4 Å². The molecule has 0 aliphatic heterocycles. The van der Waals surface area contributed by atoms with Crippen molar-refractivity contribution in [2.45, 2.75) is 27.3 Å². The Balaban J connectivity index is 1.78. The Morgan fingerprint density at radius 1 is 1.10 bits per heavy atom. The van der Waals surface area contributed by atoms with E-state index in [4.69, 9.17) is 40.2 Å². The second-order valence-corrected chi connectivity index (χ2v) is 7.97. The van der Waals surface area contributed by atoms with Crippen molar-refractivity contribution in [3.8, 4) is 5.75 Å². The van der Waals surface area contributed by atoms with Crippen LogP contribution in [0, 0.1) is 20.8 Å². The third-order valence-corrected chi connectivity index (χ3v) is 5.35. The zero-order valence-corrected chi connectivity index (χ0v) is 19.0. The third-order valence-electron chi connectivity index (χ3n) is 4.56. The van der Waals surface area contributed by atoms with Gasteiger partial charge in [-0.05, 0) is 68.4 Å². The molecule has 0 aliphatic carbocycles. The molecule has 5 nitrogen and oxygen atoms in total. The van der Waals surface area contributed by atoms with Gasteiger partial charge in [0.1, 0.15) is 5.75 Å². The fourth-order valence-electron chi connectivity index (χ4n) is 3.03. The molecule has 8 heteroatoms. The van der Waals surface area contributed by atoms with E-state index in [1.165, 1.54) is 0 Å². The topological polar surface area (TPSA) is 51.1 Å². The van der Waals surface area contributed by atoms with Crippen LogP contribution in [-0.4, -0.2) is 22.0 Å². The molecule has 0 atom stereocenters. The van der Waals surface area contributed by atoms with E-state index < -0.39 is 0 Å². The number of rotatable bonds is 5. The summed E-state index contributed by atoms with van der Waals surface area (Å²) in [7, 11) is 1.63. The minimum Gasteiger partial charge on any atom is -0.495 e. The number of aromatic nitrogens is 2. The first-order valence-corrected chi connectivity index (χ1v) is 10.2. The van der Waals surface area contributed by atoms with Gasteiger partial charge in [0.05, 0.1) is 36.4 Å². The van der Waals surface area contributed by atoms with E-state index in [0.717, 1.165) is 39.6 Å². The minimum absolute atomic E-state index is 0.462. The molecule has 0 bridgehead atoms. The van der Waals surface area contributed by atoms with E-state index in [2.05, 4.69) is 15.7 Å². The van der Waals surface area contributed by atoms with E-state index in [1.807, 2.05) is 55.8 Å². The fourth-order valence-corrected chi connectivity index (χ4v) is 3.71. The van der Waals surface area contributed by atoms with Crippen molar-refractivity contribution in [3.05, 3.63) is 69.0 Å². The van der Waals surface area contributed by atoms with Crippen molar-refractivity contribution < 1.29 is 4.74 Å². The summed E-state index contributed by atoms with van der Waals surface area (Å²) in [4.78, 5) is 0. The third kappa shape index (κ3) is 5.01. The number of nitrogens with one attached hydrogen (secondary N) is 2. The molecule has 0 aliphatic rings. The monoisotopic (exact) mass is 448 g/mol. The molecule has 1 aromatic heterocycles. The normalized spacial score (nSPS) is 10.7. The number of benzene rings is 2. The van der Waals surface area contributed by atoms with Gasteiger partial charge in [-0.1, -0.05) is 35.3 Å². The predicted octanol–water partition coefficient (Wildman–Crippen LogP) is 5.98. The van der Waals surface area contributed by atoms with Crippen LogP contribution in [0.2, 0.25) is 10.0 Å². The lowest BCUT2D eigenvalue weighted by Gasteiger charge is -2.14. The predicted molar refractivity (Wildman–Crippen MR) is 125 cm³/mol. The van der Waals surface area contributed by atoms with E-state index >= 15 is 0 Å². The maximum absolute atomic E-state index is 6.31. The average Bonchev–Trinajstić information content (AvgIpc) is 2.91. The van der Waals surface area contributed by atoms with Gasteiger partial charge in [-0.25, -0.2) is 0 Å². The van der Waals surface area contributed by atoms with E-state index in [-0.39, 0.29) is 0 Å². The van der Waals surface area contributed by atoms with Crippen LogP contribution < -0.4 is 15.4 Å². The van der Waals surface area contributed by atoms with E-state index in [0.29, 0.717) is 21.7 Å². The molecule has 152 valence electrons. The van der Waals surface area contributed by atoms with Gasteiger partial charge in [0.2, 0.25) is 0 Å². The molecule has 2 aromatic carbocycles. The lowest BCUT2D eigenvalue weighted by molar-refractivity contribution is 0.417. The van der Waals surface area contributed by atoms with Crippen LogP contribution in [0.25, 0.3) is 0 Å². The van der Waals surface area contributed by atoms with Crippen LogP contribution in [0.3, 0.4) is 0 Å². The summed E-state index contributed by atoms with van der Waals surface area (Å²) in [6.45, 7) is 6.48. The second-order valence-electron chi connectivity index (χ2n) is 6.72. The Kier molecular flexibility index (Phi) is 6.67. The standard InChI is InChI=1S/C21H22Cl2N4OS/c1-12-5-8-19(28-4)18(9-12)24-21(29)25-20-13(2)26-27(14(20)3)11-15-6-7-16(22)10-17(15)23/h5-10H,11H2,1-4H3,(H2,24,25,29). The Hall–Kier alpha value is -2.28. The van der Waals surface area contributed by atoms with Gasteiger partial charge in [-0.3, -0.25) is 4.68 Å². The Morgan fingerprint density at radius 3 is 2.55 bits per heavy atom.